The average molecular weight is 591 g/mol. The van der Waals surface area contributed by atoms with E-state index in [0.29, 0.717) is 16.8 Å². The van der Waals surface area contributed by atoms with Gasteiger partial charge in [0.1, 0.15) is 18.1 Å². The monoisotopic (exact) mass is 590 g/mol. The van der Waals surface area contributed by atoms with Crippen LogP contribution in [0.4, 0.5) is 5.82 Å². The number of amides is 2. The molecule has 0 bridgehead atoms. The molecule has 0 spiro atoms. The Bertz CT molecular complexity index is 1540. The zero-order chi connectivity index (χ0) is 27.8. The summed E-state index contributed by atoms with van der Waals surface area (Å²) in [6.45, 7) is 5.72. The fraction of sp³-hybridized carbons (Fsp3) is 0.323. The molecule has 4 aromatic rings. The van der Waals surface area contributed by atoms with Gasteiger partial charge in [-0.2, -0.15) is 5.10 Å². The molecule has 0 radical (unpaired) electrons. The Morgan fingerprint density at radius 3 is 2.60 bits per heavy atom. The molecule has 40 heavy (non-hydrogen) atoms. The van der Waals surface area contributed by atoms with Crippen LogP contribution in [0.5, 0.6) is 0 Å². The van der Waals surface area contributed by atoms with Crippen molar-refractivity contribution in [3.8, 4) is 16.3 Å². The predicted octanol–water partition coefficient (Wildman–Crippen LogP) is 6.99. The molecule has 2 aliphatic rings. The number of piperidine rings is 1. The summed E-state index contributed by atoms with van der Waals surface area (Å²) in [6.07, 6.45) is 1.97. The number of hydrogen-bond donors (Lipinski definition) is 0. The quantitative estimate of drug-likeness (QED) is 0.251. The van der Waals surface area contributed by atoms with Crippen molar-refractivity contribution in [2.75, 3.05) is 30.3 Å². The lowest BCUT2D eigenvalue weighted by Crippen LogP contribution is -2.46. The van der Waals surface area contributed by atoms with Gasteiger partial charge in [-0.25, -0.2) is 4.68 Å². The summed E-state index contributed by atoms with van der Waals surface area (Å²) in [4.78, 5) is 32.2. The second-order valence-corrected chi connectivity index (χ2v) is 13.0. The minimum Gasteiger partial charge on any atom is -0.341 e. The van der Waals surface area contributed by atoms with Gasteiger partial charge in [-0.1, -0.05) is 54.9 Å². The van der Waals surface area contributed by atoms with Gasteiger partial charge in [-0.15, -0.1) is 23.1 Å². The number of thioether (sulfide) groups is 1. The van der Waals surface area contributed by atoms with Gasteiger partial charge in [0.2, 0.25) is 11.8 Å². The zero-order valence-electron chi connectivity index (χ0n) is 22.5. The van der Waals surface area contributed by atoms with Gasteiger partial charge in [-0.05, 0) is 66.5 Å². The molecule has 2 aromatic carbocycles. The van der Waals surface area contributed by atoms with Gasteiger partial charge in [0.15, 0.2) is 0 Å². The van der Waals surface area contributed by atoms with E-state index in [2.05, 4.69) is 19.1 Å². The molecule has 1 atom stereocenters. The van der Waals surface area contributed by atoms with E-state index in [9.17, 15) is 9.59 Å². The van der Waals surface area contributed by atoms with Crippen LogP contribution in [0.2, 0.25) is 5.02 Å². The van der Waals surface area contributed by atoms with Crippen molar-refractivity contribution in [2.24, 2.45) is 5.92 Å². The normalized spacial score (nSPS) is 18.1. The van der Waals surface area contributed by atoms with Crippen LogP contribution in [-0.2, 0) is 9.59 Å². The number of nitrogens with zero attached hydrogens (tertiary/aromatic N) is 4. The third-order valence-corrected chi connectivity index (χ3v) is 10.1. The van der Waals surface area contributed by atoms with Crippen molar-refractivity contribution in [3.63, 3.8) is 0 Å². The Labute approximate surface area is 247 Å². The van der Waals surface area contributed by atoms with Crippen molar-refractivity contribution >= 4 is 52.3 Å². The minimum absolute atomic E-state index is 0.00943. The molecule has 1 fully saturated rings. The Hall–Kier alpha value is -3.07. The first kappa shape index (κ1) is 27.1. The van der Waals surface area contributed by atoms with E-state index >= 15 is 0 Å². The summed E-state index contributed by atoms with van der Waals surface area (Å²) in [5, 5.41) is 7.67. The molecule has 9 heteroatoms. The number of rotatable bonds is 5. The lowest BCUT2D eigenvalue weighted by Gasteiger charge is -2.32. The molecule has 0 N–H and O–H groups in total. The largest absolute Gasteiger partial charge is 0.341 e. The smallest absolute Gasteiger partial charge is 0.242 e. The lowest BCUT2D eigenvalue weighted by molar-refractivity contribution is -0.132. The standard InChI is InChI=1S/C31H31ClN4O2S2/c1-20-12-14-34(15-13-20)26(37)18-35-27(38)19-40-30(22-8-5-9-23(32)17-22)28-29(25-11-6-16-39-25)33-36(31(28)35)24-10-4-3-7-21(24)2/h3-11,16-17,20,30H,12-15,18-19H2,1-2H3. The molecule has 2 aromatic heterocycles. The number of aromatic nitrogens is 2. The van der Waals surface area contributed by atoms with Gasteiger partial charge in [-0.3, -0.25) is 14.5 Å². The maximum Gasteiger partial charge on any atom is 0.242 e. The van der Waals surface area contributed by atoms with Crippen molar-refractivity contribution in [1.82, 2.24) is 14.7 Å². The van der Waals surface area contributed by atoms with Crippen LogP contribution in [0, 0.1) is 12.8 Å². The number of carbonyl (C=O) groups excluding carboxylic acids is 2. The summed E-state index contributed by atoms with van der Waals surface area (Å²) < 4.78 is 1.88. The Morgan fingerprint density at radius 2 is 1.88 bits per heavy atom. The first-order valence-electron chi connectivity index (χ1n) is 13.6. The van der Waals surface area contributed by atoms with Crippen LogP contribution in [0.25, 0.3) is 16.3 Å². The van der Waals surface area contributed by atoms with Crippen molar-refractivity contribution in [3.05, 3.63) is 87.8 Å². The SMILES string of the molecule is Cc1ccccc1-n1nc(-c2cccs2)c2c1N(CC(=O)N1CCC(C)CC1)C(=O)CSC2c1cccc(Cl)c1. The van der Waals surface area contributed by atoms with Crippen LogP contribution in [0.15, 0.2) is 66.0 Å². The zero-order valence-corrected chi connectivity index (χ0v) is 24.9. The number of hydrogen-bond acceptors (Lipinski definition) is 5. The van der Waals surface area contributed by atoms with Crippen molar-refractivity contribution in [2.45, 2.75) is 31.9 Å². The maximum absolute atomic E-state index is 13.9. The molecular formula is C31H31ClN4O2S2. The van der Waals surface area contributed by atoms with Gasteiger partial charge < -0.3 is 4.90 Å². The molecule has 1 unspecified atom stereocenters. The minimum atomic E-state index is -0.191. The molecule has 0 aliphatic carbocycles. The summed E-state index contributed by atoms with van der Waals surface area (Å²) >= 11 is 9.64. The number of fused-ring (bicyclic) bond motifs is 1. The number of benzene rings is 2. The molecule has 6 rings (SSSR count). The van der Waals surface area contributed by atoms with Crippen LogP contribution < -0.4 is 4.90 Å². The van der Waals surface area contributed by atoms with E-state index in [1.807, 2.05) is 70.4 Å². The highest BCUT2D eigenvalue weighted by atomic mass is 35.5. The summed E-state index contributed by atoms with van der Waals surface area (Å²) in [5.74, 6) is 1.40. The van der Waals surface area contributed by atoms with Gasteiger partial charge in [0.05, 0.1) is 21.6 Å². The third kappa shape index (κ3) is 5.20. The molecule has 206 valence electrons. The third-order valence-electron chi connectivity index (χ3n) is 7.77. The van der Waals surface area contributed by atoms with Crippen LogP contribution in [-0.4, -0.2) is 51.9 Å². The van der Waals surface area contributed by atoms with E-state index in [1.54, 1.807) is 28.0 Å². The first-order valence-corrected chi connectivity index (χ1v) is 15.9. The number of anilines is 1. The first-order chi connectivity index (χ1) is 19.4. The fourth-order valence-corrected chi connectivity index (χ4v) is 7.62. The second-order valence-electron chi connectivity index (χ2n) is 10.6. The number of carbonyl (C=O) groups is 2. The molecule has 4 heterocycles. The Kier molecular flexibility index (Phi) is 7.75. The highest BCUT2D eigenvalue weighted by molar-refractivity contribution is 8.00. The summed E-state index contributed by atoms with van der Waals surface area (Å²) in [6, 6.07) is 19.9. The number of halogens is 1. The van der Waals surface area contributed by atoms with Gasteiger partial charge in [0, 0.05) is 23.7 Å². The Balaban J connectivity index is 1.56. The van der Waals surface area contributed by atoms with Crippen LogP contribution in [0.3, 0.4) is 0 Å². The summed E-state index contributed by atoms with van der Waals surface area (Å²) in [5.41, 5.74) is 4.68. The number of thiophene rings is 1. The molecule has 2 aliphatic heterocycles. The van der Waals surface area contributed by atoms with Crippen LogP contribution >= 0.6 is 34.7 Å². The second kappa shape index (κ2) is 11.4. The predicted molar refractivity (Wildman–Crippen MR) is 165 cm³/mol. The number of para-hydroxylation sites is 1. The highest BCUT2D eigenvalue weighted by Gasteiger charge is 2.39. The maximum atomic E-state index is 13.9. The number of likely N-dealkylation sites (tertiary alicyclic amines) is 1. The molecule has 6 nitrogen and oxygen atoms in total. The van der Waals surface area contributed by atoms with E-state index in [1.165, 1.54) is 0 Å². The molecular weight excluding hydrogens is 560 g/mol. The average Bonchev–Trinajstić information content (AvgIpc) is 3.58. The number of aryl methyl sites for hydroxylation is 1. The highest BCUT2D eigenvalue weighted by Crippen LogP contribution is 2.49. The fourth-order valence-electron chi connectivity index (χ4n) is 5.51. The van der Waals surface area contributed by atoms with Gasteiger partial charge in [0.25, 0.3) is 0 Å². The van der Waals surface area contributed by atoms with Gasteiger partial charge >= 0.3 is 0 Å². The topological polar surface area (TPSA) is 58.4 Å². The van der Waals surface area contributed by atoms with E-state index in [0.717, 1.165) is 58.9 Å². The molecule has 2 amide bonds. The van der Waals surface area contributed by atoms with Crippen molar-refractivity contribution < 1.29 is 9.59 Å². The molecule has 0 saturated carbocycles. The van der Waals surface area contributed by atoms with Crippen molar-refractivity contribution in [1.29, 1.82) is 0 Å². The van der Waals surface area contributed by atoms with E-state index in [4.69, 9.17) is 16.7 Å². The lowest BCUT2D eigenvalue weighted by atomic mass is 9.99. The Morgan fingerprint density at radius 1 is 1.07 bits per heavy atom. The van der Waals surface area contributed by atoms with E-state index < -0.39 is 0 Å². The summed E-state index contributed by atoms with van der Waals surface area (Å²) in [7, 11) is 0. The van der Waals surface area contributed by atoms with E-state index in [-0.39, 0.29) is 29.4 Å². The van der Waals surface area contributed by atoms with Crippen LogP contribution in [0.1, 0.15) is 41.7 Å². The molecule has 1 saturated heterocycles.